The highest BCUT2D eigenvalue weighted by Crippen LogP contribution is 2.28. The van der Waals surface area contributed by atoms with E-state index in [2.05, 4.69) is 26.1 Å². The van der Waals surface area contributed by atoms with Crippen LogP contribution in [0.15, 0.2) is 0 Å². The summed E-state index contributed by atoms with van der Waals surface area (Å²) in [6.07, 6.45) is 6.11. The summed E-state index contributed by atoms with van der Waals surface area (Å²) in [7, 11) is 0. The van der Waals surface area contributed by atoms with Crippen LogP contribution in [0, 0.1) is 11.8 Å². The van der Waals surface area contributed by atoms with Crippen molar-refractivity contribution in [3.8, 4) is 0 Å². The molecule has 3 N–H and O–H groups in total. The zero-order valence-electron chi connectivity index (χ0n) is 11.6. The lowest BCUT2D eigenvalue weighted by Gasteiger charge is -2.33. The van der Waals surface area contributed by atoms with Crippen molar-refractivity contribution in [3.05, 3.63) is 0 Å². The van der Waals surface area contributed by atoms with E-state index in [1.165, 1.54) is 19.3 Å². The minimum atomic E-state index is -0.233. The lowest BCUT2D eigenvalue weighted by atomic mass is 9.80. The molecule has 0 bridgehead atoms. The molecule has 0 spiro atoms. The normalized spacial score (nSPS) is 21.2. The summed E-state index contributed by atoms with van der Waals surface area (Å²) in [5.41, 5.74) is 6.03. The van der Waals surface area contributed by atoms with Crippen LogP contribution in [0.1, 0.15) is 59.3 Å². The van der Waals surface area contributed by atoms with Crippen LogP contribution in [0.5, 0.6) is 0 Å². The molecule has 3 heteroatoms. The molecule has 3 nitrogen and oxygen atoms in total. The second kappa shape index (κ2) is 6.39. The van der Waals surface area contributed by atoms with Crippen molar-refractivity contribution in [2.75, 3.05) is 6.54 Å². The van der Waals surface area contributed by atoms with E-state index in [0.29, 0.717) is 18.3 Å². The van der Waals surface area contributed by atoms with E-state index >= 15 is 0 Å². The van der Waals surface area contributed by atoms with E-state index < -0.39 is 0 Å². The highest BCUT2D eigenvalue weighted by molar-refractivity contribution is 5.77. The molecule has 1 saturated carbocycles. The van der Waals surface area contributed by atoms with E-state index in [4.69, 9.17) is 5.73 Å². The Balaban J connectivity index is 2.28. The molecule has 0 radical (unpaired) electrons. The van der Waals surface area contributed by atoms with Gasteiger partial charge >= 0.3 is 0 Å². The van der Waals surface area contributed by atoms with E-state index in [1.807, 2.05) is 0 Å². The molecule has 0 heterocycles. The molecule has 1 amide bonds. The summed E-state index contributed by atoms with van der Waals surface area (Å²) in [5, 5.41) is 3.02. The van der Waals surface area contributed by atoms with Crippen molar-refractivity contribution in [2.24, 2.45) is 17.6 Å². The maximum Gasteiger partial charge on any atom is 0.221 e. The van der Waals surface area contributed by atoms with Crippen LogP contribution < -0.4 is 11.1 Å². The first-order chi connectivity index (χ1) is 7.93. The smallest absolute Gasteiger partial charge is 0.221 e. The third kappa shape index (κ3) is 5.07. The summed E-state index contributed by atoms with van der Waals surface area (Å²) < 4.78 is 0. The fourth-order valence-corrected chi connectivity index (χ4v) is 2.33. The first-order valence-corrected chi connectivity index (χ1v) is 6.98. The van der Waals surface area contributed by atoms with Crippen LogP contribution in [0.25, 0.3) is 0 Å². The Hall–Kier alpha value is -0.570. The topological polar surface area (TPSA) is 55.1 Å². The first kappa shape index (κ1) is 14.5. The maximum absolute atomic E-state index is 11.9. The molecular weight excluding hydrogens is 212 g/mol. The van der Waals surface area contributed by atoms with Crippen LogP contribution >= 0.6 is 0 Å². The van der Waals surface area contributed by atoms with Gasteiger partial charge < -0.3 is 11.1 Å². The first-order valence-electron chi connectivity index (χ1n) is 6.98. The number of hydrogen-bond donors (Lipinski definition) is 2. The van der Waals surface area contributed by atoms with Gasteiger partial charge in [-0.1, -0.05) is 40.0 Å². The Labute approximate surface area is 106 Å². The highest BCUT2D eigenvalue weighted by atomic mass is 16.1. The number of amides is 1. The number of carbonyl (C=O) groups excluding carboxylic acids is 1. The minimum absolute atomic E-state index is 0.127. The largest absolute Gasteiger partial charge is 0.356 e. The van der Waals surface area contributed by atoms with Gasteiger partial charge in [0.25, 0.3) is 0 Å². The lowest BCUT2D eigenvalue weighted by molar-refractivity contribution is -0.122. The molecule has 1 atom stereocenters. The van der Waals surface area contributed by atoms with Crippen molar-refractivity contribution in [1.82, 2.24) is 5.32 Å². The van der Waals surface area contributed by atoms with E-state index in [9.17, 15) is 4.79 Å². The van der Waals surface area contributed by atoms with Crippen LogP contribution in [-0.4, -0.2) is 18.0 Å². The molecule has 1 unspecified atom stereocenters. The lowest BCUT2D eigenvalue weighted by Crippen LogP contribution is -2.46. The monoisotopic (exact) mass is 240 g/mol. The van der Waals surface area contributed by atoms with Gasteiger partial charge in [0.1, 0.15) is 0 Å². The molecule has 1 rings (SSSR count). The molecule has 1 aliphatic rings. The summed E-state index contributed by atoms with van der Waals surface area (Å²) in [5.74, 6) is 1.26. The molecule has 0 saturated heterocycles. The van der Waals surface area contributed by atoms with Gasteiger partial charge in [-0.3, -0.25) is 4.79 Å². The standard InChI is InChI=1S/C14H28N2O/c1-11(2)12(3)10-16-13(17)9-14(15)7-5-4-6-8-14/h11-12H,4-10,15H2,1-3H3,(H,16,17). The minimum Gasteiger partial charge on any atom is -0.356 e. The summed E-state index contributed by atoms with van der Waals surface area (Å²) in [6.45, 7) is 7.31. The van der Waals surface area contributed by atoms with Crippen molar-refractivity contribution in [1.29, 1.82) is 0 Å². The van der Waals surface area contributed by atoms with Crippen LogP contribution in [0.4, 0.5) is 0 Å². The second-order valence-electron chi connectivity index (χ2n) is 6.13. The van der Waals surface area contributed by atoms with Crippen molar-refractivity contribution in [3.63, 3.8) is 0 Å². The predicted molar refractivity (Wildman–Crippen MR) is 71.6 cm³/mol. The van der Waals surface area contributed by atoms with Crippen LogP contribution in [0.3, 0.4) is 0 Å². The number of carbonyl (C=O) groups is 1. The van der Waals surface area contributed by atoms with Gasteiger partial charge in [-0.2, -0.15) is 0 Å². The number of hydrogen-bond acceptors (Lipinski definition) is 2. The van der Waals surface area contributed by atoms with Crippen molar-refractivity contribution >= 4 is 5.91 Å². The molecule has 1 aliphatic carbocycles. The summed E-state index contributed by atoms with van der Waals surface area (Å²) in [4.78, 5) is 11.9. The van der Waals surface area contributed by atoms with E-state index in [1.54, 1.807) is 0 Å². The Morgan fingerprint density at radius 3 is 2.35 bits per heavy atom. The second-order valence-corrected chi connectivity index (χ2v) is 6.13. The number of nitrogens with two attached hydrogens (primary N) is 1. The van der Waals surface area contributed by atoms with E-state index in [-0.39, 0.29) is 11.4 Å². The zero-order chi connectivity index (χ0) is 12.9. The Bertz CT molecular complexity index is 245. The SMILES string of the molecule is CC(C)C(C)CNC(=O)CC1(N)CCCCC1. The van der Waals surface area contributed by atoms with Gasteiger partial charge in [0.15, 0.2) is 0 Å². The average molecular weight is 240 g/mol. The zero-order valence-corrected chi connectivity index (χ0v) is 11.6. The quantitative estimate of drug-likeness (QED) is 0.775. The van der Waals surface area contributed by atoms with Gasteiger partial charge in [0.05, 0.1) is 0 Å². The fourth-order valence-electron chi connectivity index (χ4n) is 2.33. The molecule has 100 valence electrons. The van der Waals surface area contributed by atoms with Gasteiger partial charge in [-0.05, 0) is 24.7 Å². The van der Waals surface area contributed by atoms with Crippen molar-refractivity contribution in [2.45, 2.75) is 64.8 Å². The Kier molecular flexibility index (Phi) is 5.44. The molecule has 0 aliphatic heterocycles. The number of nitrogens with one attached hydrogen (secondary N) is 1. The Morgan fingerprint density at radius 2 is 1.82 bits per heavy atom. The predicted octanol–water partition coefficient (Wildman–Crippen LogP) is 2.45. The molecular formula is C14H28N2O. The molecule has 0 aromatic carbocycles. The summed E-state index contributed by atoms with van der Waals surface area (Å²) >= 11 is 0. The fraction of sp³-hybridized carbons (Fsp3) is 0.929. The Morgan fingerprint density at radius 1 is 1.24 bits per heavy atom. The molecule has 0 aromatic rings. The maximum atomic E-state index is 11.9. The highest BCUT2D eigenvalue weighted by Gasteiger charge is 2.29. The average Bonchev–Trinajstić information content (AvgIpc) is 2.26. The third-order valence-corrected chi connectivity index (χ3v) is 4.12. The van der Waals surface area contributed by atoms with Crippen molar-refractivity contribution < 1.29 is 4.79 Å². The van der Waals surface area contributed by atoms with Gasteiger partial charge in [0.2, 0.25) is 5.91 Å². The number of rotatable bonds is 5. The van der Waals surface area contributed by atoms with Crippen LogP contribution in [0.2, 0.25) is 0 Å². The van der Waals surface area contributed by atoms with E-state index in [0.717, 1.165) is 19.4 Å². The van der Waals surface area contributed by atoms with Gasteiger partial charge in [-0.15, -0.1) is 0 Å². The van der Waals surface area contributed by atoms with Gasteiger partial charge in [-0.25, -0.2) is 0 Å². The third-order valence-electron chi connectivity index (χ3n) is 4.12. The van der Waals surface area contributed by atoms with Crippen LogP contribution in [-0.2, 0) is 4.79 Å². The van der Waals surface area contributed by atoms with Gasteiger partial charge in [0, 0.05) is 18.5 Å². The molecule has 0 aromatic heterocycles. The molecule has 1 fully saturated rings. The summed E-state index contributed by atoms with van der Waals surface area (Å²) in [6, 6.07) is 0. The molecule has 17 heavy (non-hydrogen) atoms.